The van der Waals surface area contributed by atoms with Crippen LogP contribution in [0.4, 0.5) is 0 Å². The Morgan fingerprint density at radius 1 is 1.05 bits per heavy atom. The Kier molecular flexibility index (Phi) is 5.56. The summed E-state index contributed by atoms with van der Waals surface area (Å²) in [6.45, 7) is 6.84. The average molecular weight is 270 g/mol. The normalized spacial score (nSPS) is 10.5. The minimum Gasteiger partial charge on any atom is -0.492 e. The molecule has 0 unspecified atom stereocenters. The van der Waals surface area contributed by atoms with Gasteiger partial charge in [0.25, 0.3) is 0 Å². The molecule has 0 aliphatic heterocycles. The molecule has 1 heterocycles. The molecule has 3 nitrogen and oxygen atoms in total. The number of nitrogens with one attached hydrogen (secondary N) is 1. The fraction of sp³-hybridized carbons (Fsp3) is 0.353. The van der Waals surface area contributed by atoms with Crippen LogP contribution in [0.15, 0.2) is 42.7 Å². The van der Waals surface area contributed by atoms with E-state index in [1.54, 1.807) is 6.20 Å². The quantitative estimate of drug-likeness (QED) is 0.834. The molecule has 0 amide bonds. The van der Waals surface area contributed by atoms with Crippen LogP contribution in [0.5, 0.6) is 5.75 Å². The Morgan fingerprint density at radius 2 is 1.85 bits per heavy atom. The van der Waals surface area contributed by atoms with Crippen molar-refractivity contribution in [2.75, 3.05) is 13.2 Å². The van der Waals surface area contributed by atoms with Crippen LogP contribution in [0.25, 0.3) is 11.1 Å². The van der Waals surface area contributed by atoms with Crippen LogP contribution in [0.1, 0.15) is 25.8 Å². The summed E-state index contributed by atoms with van der Waals surface area (Å²) in [4.78, 5) is 4.25. The first-order valence-corrected chi connectivity index (χ1v) is 7.21. The first kappa shape index (κ1) is 14.5. The summed E-state index contributed by atoms with van der Waals surface area (Å²) in [6, 6.07) is 10.6. The van der Waals surface area contributed by atoms with Gasteiger partial charge in [-0.05, 0) is 30.2 Å². The summed E-state index contributed by atoms with van der Waals surface area (Å²) in [6.07, 6.45) is 4.64. The zero-order valence-electron chi connectivity index (χ0n) is 12.2. The van der Waals surface area contributed by atoms with Crippen LogP contribution in [0.3, 0.4) is 0 Å². The fourth-order valence-corrected chi connectivity index (χ4v) is 1.96. The van der Waals surface area contributed by atoms with Gasteiger partial charge in [-0.1, -0.05) is 38.1 Å². The van der Waals surface area contributed by atoms with Crippen molar-refractivity contribution < 1.29 is 4.74 Å². The molecule has 1 aromatic heterocycles. The molecule has 0 fully saturated rings. The van der Waals surface area contributed by atoms with Crippen LogP contribution in [-0.4, -0.2) is 18.1 Å². The van der Waals surface area contributed by atoms with Gasteiger partial charge in [0, 0.05) is 18.3 Å². The number of aromatic nitrogens is 1. The molecule has 3 heteroatoms. The van der Waals surface area contributed by atoms with E-state index in [0.717, 1.165) is 37.4 Å². The summed E-state index contributed by atoms with van der Waals surface area (Å²) in [5.41, 5.74) is 3.55. The lowest BCUT2D eigenvalue weighted by Crippen LogP contribution is -2.11. The van der Waals surface area contributed by atoms with Crippen molar-refractivity contribution in [3.05, 3.63) is 48.3 Å². The van der Waals surface area contributed by atoms with Gasteiger partial charge < -0.3 is 10.1 Å². The van der Waals surface area contributed by atoms with Gasteiger partial charge in [0.05, 0.1) is 12.8 Å². The topological polar surface area (TPSA) is 34.1 Å². The van der Waals surface area contributed by atoms with Gasteiger partial charge >= 0.3 is 0 Å². The molecule has 1 N–H and O–H groups in total. The summed E-state index contributed by atoms with van der Waals surface area (Å²) in [5, 5.41) is 3.32. The van der Waals surface area contributed by atoms with Gasteiger partial charge in [-0.3, -0.25) is 4.98 Å². The number of nitrogens with zero attached hydrogens (tertiary/aromatic N) is 1. The van der Waals surface area contributed by atoms with Crippen molar-refractivity contribution in [1.29, 1.82) is 0 Å². The number of rotatable bonds is 7. The lowest BCUT2D eigenvalue weighted by Gasteiger charge is -2.07. The number of pyridine rings is 1. The molecule has 0 radical (unpaired) electrons. The summed E-state index contributed by atoms with van der Waals surface area (Å²) >= 11 is 0. The molecule has 0 aliphatic rings. The molecule has 2 rings (SSSR count). The van der Waals surface area contributed by atoms with Gasteiger partial charge in [0.1, 0.15) is 5.75 Å². The number of hydrogen-bond donors (Lipinski definition) is 1. The second-order valence-electron chi connectivity index (χ2n) is 4.74. The molecular weight excluding hydrogens is 248 g/mol. The SMILES string of the molecule is CCCOc1cncc(-c2ccc(CNCC)cc2)c1. The highest BCUT2D eigenvalue weighted by Gasteiger charge is 2.01. The lowest BCUT2D eigenvalue weighted by molar-refractivity contribution is 0.316. The van der Waals surface area contributed by atoms with Crippen LogP contribution in [0, 0.1) is 0 Å². The van der Waals surface area contributed by atoms with Crippen molar-refractivity contribution in [2.24, 2.45) is 0 Å². The van der Waals surface area contributed by atoms with Crippen molar-refractivity contribution in [3.63, 3.8) is 0 Å². The maximum Gasteiger partial charge on any atom is 0.138 e. The Hall–Kier alpha value is -1.87. The van der Waals surface area contributed by atoms with E-state index in [0.29, 0.717) is 0 Å². The Labute approximate surface area is 121 Å². The molecule has 0 saturated heterocycles. The van der Waals surface area contributed by atoms with E-state index in [9.17, 15) is 0 Å². The lowest BCUT2D eigenvalue weighted by atomic mass is 10.1. The van der Waals surface area contributed by atoms with E-state index in [1.807, 2.05) is 12.3 Å². The smallest absolute Gasteiger partial charge is 0.138 e. The maximum atomic E-state index is 5.62. The van der Waals surface area contributed by atoms with Crippen molar-refractivity contribution in [3.8, 4) is 16.9 Å². The van der Waals surface area contributed by atoms with Crippen LogP contribution in [0.2, 0.25) is 0 Å². The highest BCUT2D eigenvalue weighted by Crippen LogP contribution is 2.23. The van der Waals surface area contributed by atoms with Crippen LogP contribution >= 0.6 is 0 Å². The molecule has 0 bridgehead atoms. The second kappa shape index (κ2) is 7.65. The third kappa shape index (κ3) is 4.07. The average Bonchev–Trinajstić information content (AvgIpc) is 2.52. The van der Waals surface area contributed by atoms with Gasteiger partial charge in [-0.25, -0.2) is 0 Å². The van der Waals surface area contributed by atoms with Crippen molar-refractivity contribution in [1.82, 2.24) is 10.3 Å². The second-order valence-corrected chi connectivity index (χ2v) is 4.74. The standard InChI is InChI=1S/C17H22N2O/c1-3-9-20-17-10-16(12-19-13-17)15-7-5-14(6-8-15)11-18-4-2/h5-8,10,12-13,18H,3-4,9,11H2,1-2H3. The largest absolute Gasteiger partial charge is 0.492 e. The maximum absolute atomic E-state index is 5.62. The molecule has 2 aromatic rings. The van der Waals surface area contributed by atoms with Gasteiger partial charge in [0.15, 0.2) is 0 Å². The summed E-state index contributed by atoms with van der Waals surface area (Å²) in [7, 11) is 0. The predicted octanol–water partition coefficient (Wildman–Crippen LogP) is 3.65. The van der Waals surface area contributed by atoms with E-state index in [1.165, 1.54) is 11.1 Å². The van der Waals surface area contributed by atoms with E-state index in [-0.39, 0.29) is 0 Å². The first-order chi connectivity index (χ1) is 9.83. The molecular formula is C17H22N2O. The minimum atomic E-state index is 0.729. The Bertz CT molecular complexity index is 523. The predicted molar refractivity (Wildman–Crippen MR) is 82.8 cm³/mol. The van der Waals surface area contributed by atoms with E-state index < -0.39 is 0 Å². The van der Waals surface area contributed by atoms with E-state index >= 15 is 0 Å². The highest BCUT2D eigenvalue weighted by atomic mass is 16.5. The molecule has 106 valence electrons. The molecule has 0 aliphatic carbocycles. The Morgan fingerprint density at radius 3 is 2.55 bits per heavy atom. The monoisotopic (exact) mass is 270 g/mol. The van der Waals surface area contributed by atoms with Gasteiger partial charge in [0.2, 0.25) is 0 Å². The Balaban J connectivity index is 2.10. The first-order valence-electron chi connectivity index (χ1n) is 7.21. The van der Waals surface area contributed by atoms with Crippen LogP contribution in [-0.2, 0) is 6.54 Å². The number of benzene rings is 1. The van der Waals surface area contributed by atoms with Crippen molar-refractivity contribution in [2.45, 2.75) is 26.8 Å². The third-order valence-corrected chi connectivity index (χ3v) is 3.05. The third-order valence-electron chi connectivity index (χ3n) is 3.05. The van der Waals surface area contributed by atoms with Gasteiger partial charge in [-0.2, -0.15) is 0 Å². The number of ether oxygens (including phenoxy) is 1. The highest BCUT2D eigenvalue weighted by molar-refractivity contribution is 5.64. The van der Waals surface area contributed by atoms with Crippen molar-refractivity contribution >= 4 is 0 Å². The zero-order valence-corrected chi connectivity index (χ0v) is 12.2. The summed E-state index contributed by atoms with van der Waals surface area (Å²) < 4.78 is 5.62. The van der Waals surface area contributed by atoms with Gasteiger partial charge in [-0.15, -0.1) is 0 Å². The number of hydrogen-bond acceptors (Lipinski definition) is 3. The molecule has 0 atom stereocenters. The molecule has 1 aromatic carbocycles. The van der Waals surface area contributed by atoms with E-state index in [2.05, 4.69) is 48.4 Å². The molecule has 0 saturated carbocycles. The molecule has 20 heavy (non-hydrogen) atoms. The fourth-order valence-electron chi connectivity index (χ4n) is 1.96. The summed E-state index contributed by atoms with van der Waals surface area (Å²) in [5.74, 6) is 0.834. The molecule has 0 spiro atoms. The van der Waals surface area contributed by atoms with Crippen LogP contribution < -0.4 is 10.1 Å². The van der Waals surface area contributed by atoms with E-state index in [4.69, 9.17) is 4.74 Å². The minimum absolute atomic E-state index is 0.729. The zero-order chi connectivity index (χ0) is 14.2.